The van der Waals surface area contributed by atoms with Crippen molar-refractivity contribution >= 4 is 11.7 Å². The van der Waals surface area contributed by atoms with Crippen LogP contribution in [0.4, 0.5) is 23.7 Å². The molecule has 0 bridgehead atoms. The Balaban J connectivity index is 1.65. The van der Waals surface area contributed by atoms with Gasteiger partial charge >= 0.3 is 12.2 Å². The van der Waals surface area contributed by atoms with Crippen molar-refractivity contribution in [1.29, 1.82) is 0 Å². The molecule has 128 valence electrons. The van der Waals surface area contributed by atoms with Crippen LogP contribution in [-0.4, -0.2) is 38.8 Å². The Morgan fingerprint density at radius 2 is 1.92 bits per heavy atom. The average molecular weight is 339 g/mol. The minimum atomic E-state index is -4.52. The van der Waals surface area contributed by atoms with E-state index < -0.39 is 17.8 Å². The van der Waals surface area contributed by atoms with Gasteiger partial charge in [-0.05, 0) is 26.0 Å². The number of amides is 2. The number of carbonyl (C=O) groups is 1. The van der Waals surface area contributed by atoms with Gasteiger partial charge in [0.1, 0.15) is 11.6 Å². The lowest BCUT2D eigenvalue weighted by Crippen LogP contribution is -2.52. The smallest absolute Gasteiger partial charge is 0.320 e. The fourth-order valence-corrected chi connectivity index (χ4v) is 2.69. The molecular formula is C15H16F3N5O. The molecule has 9 heteroatoms. The summed E-state index contributed by atoms with van der Waals surface area (Å²) in [7, 11) is 0. The van der Waals surface area contributed by atoms with Crippen molar-refractivity contribution in [3.05, 3.63) is 41.5 Å². The van der Waals surface area contributed by atoms with Gasteiger partial charge in [-0.25, -0.2) is 14.5 Å². The summed E-state index contributed by atoms with van der Waals surface area (Å²) in [5, 5.41) is 6.59. The highest BCUT2D eigenvalue weighted by Gasteiger charge is 2.36. The fourth-order valence-electron chi connectivity index (χ4n) is 2.69. The normalized spacial score (nSPS) is 15.3. The third-order valence-corrected chi connectivity index (χ3v) is 3.88. The number of likely N-dealkylation sites (tertiary alicyclic amines) is 1. The van der Waals surface area contributed by atoms with E-state index in [9.17, 15) is 18.0 Å². The number of aromatic nitrogens is 3. The molecule has 0 saturated carbocycles. The summed E-state index contributed by atoms with van der Waals surface area (Å²) in [5.41, 5.74) is -1.11. The summed E-state index contributed by atoms with van der Waals surface area (Å²) in [5.74, 6) is 1.40. The summed E-state index contributed by atoms with van der Waals surface area (Å²) < 4.78 is 40.6. The minimum absolute atomic E-state index is 0.00481. The zero-order chi connectivity index (χ0) is 17.5. The van der Waals surface area contributed by atoms with Crippen LogP contribution >= 0.6 is 0 Å². The SMILES string of the molecule is Cc1nc(C)n(C2CN(C(=O)Nc3ccccc3C(F)(F)F)C2)n1. The van der Waals surface area contributed by atoms with Gasteiger partial charge in [0.25, 0.3) is 0 Å². The van der Waals surface area contributed by atoms with Crippen molar-refractivity contribution in [2.75, 3.05) is 18.4 Å². The molecule has 2 amide bonds. The Labute approximate surface area is 136 Å². The largest absolute Gasteiger partial charge is 0.418 e. The Hall–Kier alpha value is -2.58. The van der Waals surface area contributed by atoms with E-state index in [2.05, 4.69) is 15.4 Å². The third-order valence-electron chi connectivity index (χ3n) is 3.88. The number of rotatable bonds is 2. The van der Waals surface area contributed by atoms with Crippen LogP contribution < -0.4 is 5.32 Å². The number of alkyl halides is 3. The van der Waals surface area contributed by atoms with E-state index in [1.807, 2.05) is 6.92 Å². The van der Waals surface area contributed by atoms with Crippen LogP contribution in [0.3, 0.4) is 0 Å². The number of para-hydroxylation sites is 1. The molecule has 1 saturated heterocycles. The molecular weight excluding hydrogens is 323 g/mol. The van der Waals surface area contributed by atoms with Crippen LogP contribution in [0.25, 0.3) is 0 Å². The van der Waals surface area contributed by atoms with Crippen LogP contribution in [0, 0.1) is 13.8 Å². The quantitative estimate of drug-likeness (QED) is 0.915. The molecule has 2 heterocycles. The maximum atomic E-state index is 12.9. The Morgan fingerprint density at radius 3 is 2.50 bits per heavy atom. The number of nitrogens with one attached hydrogen (secondary N) is 1. The van der Waals surface area contributed by atoms with Gasteiger partial charge in [0.15, 0.2) is 0 Å². The lowest BCUT2D eigenvalue weighted by molar-refractivity contribution is -0.136. The number of anilines is 1. The minimum Gasteiger partial charge on any atom is -0.320 e. The first-order chi connectivity index (χ1) is 11.3. The highest BCUT2D eigenvalue weighted by Crippen LogP contribution is 2.35. The average Bonchev–Trinajstić information content (AvgIpc) is 2.75. The number of hydrogen-bond acceptors (Lipinski definition) is 3. The van der Waals surface area contributed by atoms with Crippen LogP contribution in [0.2, 0.25) is 0 Å². The number of nitrogens with zero attached hydrogens (tertiary/aromatic N) is 4. The molecule has 0 radical (unpaired) electrons. The van der Waals surface area contributed by atoms with E-state index in [-0.39, 0.29) is 11.7 Å². The lowest BCUT2D eigenvalue weighted by Gasteiger charge is -2.39. The standard InChI is InChI=1S/C15H16F3N5O/c1-9-19-10(2)23(21-9)11-7-22(8-11)14(24)20-13-6-4-3-5-12(13)15(16,17)18/h3-6,11H,7-8H2,1-2H3,(H,20,24). The second-order valence-corrected chi connectivity index (χ2v) is 5.68. The van der Waals surface area contributed by atoms with E-state index >= 15 is 0 Å². The zero-order valence-corrected chi connectivity index (χ0v) is 13.1. The Bertz CT molecular complexity index is 765. The van der Waals surface area contributed by atoms with Gasteiger partial charge in [-0.2, -0.15) is 18.3 Å². The molecule has 3 rings (SSSR count). The molecule has 0 aliphatic carbocycles. The Morgan fingerprint density at radius 1 is 1.25 bits per heavy atom. The molecule has 1 N–H and O–H groups in total. The molecule has 6 nitrogen and oxygen atoms in total. The number of aryl methyl sites for hydroxylation is 2. The molecule has 2 aromatic rings. The number of hydrogen-bond donors (Lipinski definition) is 1. The fraction of sp³-hybridized carbons (Fsp3) is 0.400. The Kier molecular flexibility index (Phi) is 3.94. The first kappa shape index (κ1) is 16.3. The van der Waals surface area contributed by atoms with Crippen LogP contribution in [0.1, 0.15) is 23.3 Å². The maximum absolute atomic E-state index is 12.9. The zero-order valence-electron chi connectivity index (χ0n) is 13.1. The van der Waals surface area contributed by atoms with Crippen molar-refractivity contribution in [2.24, 2.45) is 0 Å². The van der Waals surface area contributed by atoms with E-state index in [1.54, 1.807) is 11.6 Å². The summed E-state index contributed by atoms with van der Waals surface area (Å²) in [4.78, 5) is 17.8. The van der Waals surface area contributed by atoms with E-state index in [0.717, 1.165) is 11.9 Å². The number of carbonyl (C=O) groups excluding carboxylic acids is 1. The summed E-state index contributed by atoms with van der Waals surface area (Å²) in [6.45, 7) is 4.36. The molecule has 0 atom stereocenters. The summed E-state index contributed by atoms with van der Waals surface area (Å²) >= 11 is 0. The number of halogens is 3. The first-order valence-electron chi connectivity index (χ1n) is 7.37. The molecule has 1 aromatic heterocycles. The second kappa shape index (κ2) is 5.81. The van der Waals surface area contributed by atoms with Crippen molar-refractivity contribution in [1.82, 2.24) is 19.7 Å². The van der Waals surface area contributed by atoms with Crippen molar-refractivity contribution < 1.29 is 18.0 Å². The van der Waals surface area contributed by atoms with Gasteiger partial charge in [-0.15, -0.1) is 0 Å². The number of benzene rings is 1. The highest BCUT2D eigenvalue weighted by atomic mass is 19.4. The lowest BCUT2D eigenvalue weighted by atomic mass is 10.1. The summed E-state index contributed by atoms with van der Waals surface area (Å²) in [6.07, 6.45) is -4.52. The van der Waals surface area contributed by atoms with Crippen LogP contribution in [-0.2, 0) is 6.18 Å². The molecule has 24 heavy (non-hydrogen) atoms. The first-order valence-corrected chi connectivity index (χ1v) is 7.37. The van der Waals surface area contributed by atoms with E-state index in [0.29, 0.717) is 18.9 Å². The molecule has 1 fully saturated rings. The van der Waals surface area contributed by atoms with E-state index in [1.165, 1.54) is 23.1 Å². The monoisotopic (exact) mass is 339 g/mol. The van der Waals surface area contributed by atoms with Gasteiger partial charge < -0.3 is 10.2 Å². The predicted molar refractivity (Wildman–Crippen MR) is 80.6 cm³/mol. The molecule has 0 spiro atoms. The topological polar surface area (TPSA) is 63.1 Å². The highest BCUT2D eigenvalue weighted by molar-refractivity contribution is 5.90. The van der Waals surface area contributed by atoms with Crippen LogP contribution in [0.5, 0.6) is 0 Å². The maximum Gasteiger partial charge on any atom is 0.418 e. The van der Waals surface area contributed by atoms with Gasteiger partial charge in [0.05, 0.1) is 17.3 Å². The third kappa shape index (κ3) is 3.06. The van der Waals surface area contributed by atoms with Crippen molar-refractivity contribution in [3.63, 3.8) is 0 Å². The van der Waals surface area contributed by atoms with Gasteiger partial charge in [-0.3, -0.25) is 0 Å². The van der Waals surface area contributed by atoms with Gasteiger partial charge in [-0.1, -0.05) is 12.1 Å². The molecule has 0 unspecified atom stereocenters. The molecule has 1 aliphatic heterocycles. The summed E-state index contributed by atoms with van der Waals surface area (Å²) in [6, 6.07) is 4.35. The van der Waals surface area contributed by atoms with Crippen molar-refractivity contribution in [3.8, 4) is 0 Å². The van der Waals surface area contributed by atoms with Gasteiger partial charge in [0.2, 0.25) is 0 Å². The van der Waals surface area contributed by atoms with Crippen LogP contribution in [0.15, 0.2) is 24.3 Å². The predicted octanol–water partition coefficient (Wildman–Crippen LogP) is 3.00. The van der Waals surface area contributed by atoms with Gasteiger partial charge in [0, 0.05) is 13.1 Å². The number of urea groups is 1. The second-order valence-electron chi connectivity index (χ2n) is 5.68. The van der Waals surface area contributed by atoms with Crippen molar-refractivity contribution in [2.45, 2.75) is 26.1 Å². The molecule has 1 aromatic carbocycles. The molecule has 1 aliphatic rings. The van der Waals surface area contributed by atoms with E-state index in [4.69, 9.17) is 0 Å².